The molecule has 9 heteroatoms. The summed E-state index contributed by atoms with van der Waals surface area (Å²) >= 11 is 12.1. The Balaban J connectivity index is 0.00000364. The molecule has 27 heavy (non-hydrogen) atoms. The fourth-order valence-electron chi connectivity index (χ4n) is 2.84. The van der Waals surface area contributed by atoms with E-state index in [1.807, 2.05) is 6.92 Å². The van der Waals surface area contributed by atoms with Gasteiger partial charge in [0.2, 0.25) is 0 Å². The van der Waals surface area contributed by atoms with Gasteiger partial charge in [0.15, 0.2) is 5.96 Å². The third kappa shape index (κ3) is 7.19. The van der Waals surface area contributed by atoms with Gasteiger partial charge in [0.25, 0.3) is 0 Å². The number of piperidine rings is 1. The maximum absolute atomic E-state index is 11.8. The van der Waals surface area contributed by atoms with Gasteiger partial charge in [-0.05, 0) is 31.9 Å². The molecule has 0 bridgehead atoms. The van der Waals surface area contributed by atoms with Crippen LogP contribution in [-0.4, -0.2) is 56.7 Å². The van der Waals surface area contributed by atoms with E-state index >= 15 is 0 Å². The van der Waals surface area contributed by atoms with Crippen molar-refractivity contribution in [2.24, 2.45) is 10.9 Å². The fourth-order valence-corrected chi connectivity index (χ4v) is 3.19. The van der Waals surface area contributed by atoms with Crippen LogP contribution >= 0.6 is 47.2 Å². The third-order valence-electron chi connectivity index (χ3n) is 4.19. The van der Waals surface area contributed by atoms with Gasteiger partial charge >= 0.3 is 5.97 Å². The first-order valence-corrected chi connectivity index (χ1v) is 9.51. The standard InChI is InChI=1S/C18H25Cl2N3O3.HI/c1-3-25-17(24)13-7-10-23(11-8-13)18(21-2)22-9-12-26-15-6-4-5-14(19)16(15)20;/h4-6,13H,3,7-12H2,1-2H3,(H,21,22);1H. The van der Waals surface area contributed by atoms with E-state index in [0.29, 0.717) is 35.6 Å². The molecule has 0 aromatic heterocycles. The van der Waals surface area contributed by atoms with Crippen molar-refractivity contribution in [3.05, 3.63) is 28.2 Å². The van der Waals surface area contributed by atoms with Gasteiger partial charge in [0.05, 0.1) is 24.1 Å². The second-order valence-corrected chi connectivity index (χ2v) is 6.67. The zero-order chi connectivity index (χ0) is 18.9. The van der Waals surface area contributed by atoms with Crippen LogP contribution in [-0.2, 0) is 9.53 Å². The predicted octanol–water partition coefficient (Wildman–Crippen LogP) is 3.84. The van der Waals surface area contributed by atoms with E-state index in [1.165, 1.54) is 0 Å². The van der Waals surface area contributed by atoms with Crippen LogP contribution in [0.1, 0.15) is 19.8 Å². The Kier molecular flexibility index (Phi) is 11.2. The molecule has 1 aliphatic heterocycles. The number of nitrogens with one attached hydrogen (secondary N) is 1. The molecule has 0 spiro atoms. The Morgan fingerprint density at radius 2 is 2.04 bits per heavy atom. The summed E-state index contributed by atoms with van der Waals surface area (Å²) in [6.45, 7) is 4.80. The fraction of sp³-hybridized carbons (Fsp3) is 0.556. The van der Waals surface area contributed by atoms with Crippen molar-refractivity contribution in [3.8, 4) is 5.75 Å². The zero-order valence-corrected chi connectivity index (χ0v) is 19.4. The van der Waals surface area contributed by atoms with Gasteiger partial charge in [-0.15, -0.1) is 24.0 Å². The van der Waals surface area contributed by atoms with E-state index in [1.54, 1.807) is 25.2 Å². The van der Waals surface area contributed by atoms with Gasteiger partial charge in [0, 0.05) is 20.1 Å². The van der Waals surface area contributed by atoms with E-state index in [9.17, 15) is 4.79 Å². The highest BCUT2D eigenvalue weighted by atomic mass is 127. The maximum Gasteiger partial charge on any atom is 0.309 e. The number of ether oxygens (including phenoxy) is 2. The molecule has 2 rings (SSSR count). The lowest BCUT2D eigenvalue weighted by Gasteiger charge is -2.33. The summed E-state index contributed by atoms with van der Waals surface area (Å²) in [5.74, 6) is 1.25. The second kappa shape index (κ2) is 12.5. The number of likely N-dealkylation sites (tertiary alicyclic amines) is 1. The van der Waals surface area contributed by atoms with E-state index in [4.69, 9.17) is 32.7 Å². The molecule has 1 fully saturated rings. The molecule has 0 radical (unpaired) electrons. The van der Waals surface area contributed by atoms with Gasteiger partial charge in [-0.3, -0.25) is 9.79 Å². The molecular formula is C18H26Cl2IN3O3. The monoisotopic (exact) mass is 529 g/mol. The van der Waals surface area contributed by atoms with E-state index in [-0.39, 0.29) is 35.9 Å². The number of halogens is 3. The van der Waals surface area contributed by atoms with Crippen LogP contribution in [0.2, 0.25) is 10.0 Å². The molecule has 1 heterocycles. The van der Waals surface area contributed by atoms with Crippen molar-refractivity contribution in [2.45, 2.75) is 19.8 Å². The van der Waals surface area contributed by atoms with Crippen molar-refractivity contribution < 1.29 is 14.3 Å². The van der Waals surface area contributed by atoms with Crippen LogP contribution in [0, 0.1) is 5.92 Å². The summed E-state index contributed by atoms with van der Waals surface area (Å²) in [7, 11) is 1.74. The summed E-state index contributed by atoms with van der Waals surface area (Å²) in [6.07, 6.45) is 1.54. The van der Waals surface area contributed by atoms with Crippen molar-refractivity contribution in [3.63, 3.8) is 0 Å². The summed E-state index contributed by atoms with van der Waals surface area (Å²) < 4.78 is 10.8. The minimum absolute atomic E-state index is 0. The largest absolute Gasteiger partial charge is 0.490 e. The molecule has 1 aromatic rings. The lowest BCUT2D eigenvalue weighted by Crippen LogP contribution is -2.47. The number of hydrogen-bond acceptors (Lipinski definition) is 4. The van der Waals surface area contributed by atoms with E-state index in [0.717, 1.165) is 31.9 Å². The molecule has 0 saturated carbocycles. The number of carbonyl (C=O) groups excluding carboxylic acids is 1. The first-order chi connectivity index (χ1) is 12.6. The molecule has 1 saturated heterocycles. The predicted molar refractivity (Wildman–Crippen MR) is 120 cm³/mol. The molecule has 1 aliphatic rings. The lowest BCUT2D eigenvalue weighted by atomic mass is 9.97. The Morgan fingerprint density at radius 1 is 1.33 bits per heavy atom. The molecule has 0 aliphatic carbocycles. The van der Waals surface area contributed by atoms with Crippen molar-refractivity contribution >= 4 is 59.1 Å². The number of nitrogens with zero attached hydrogens (tertiary/aromatic N) is 2. The Bertz CT molecular complexity index is 638. The molecule has 6 nitrogen and oxygen atoms in total. The SMILES string of the molecule is CCOC(=O)C1CCN(C(=NC)NCCOc2cccc(Cl)c2Cl)CC1.I. The molecule has 0 unspecified atom stereocenters. The van der Waals surface area contributed by atoms with Crippen LogP contribution in [0.15, 0.2) is 23.2 Å². The van der Waals surface area contributed by atoms with Crippen LogP contribution < -0.4 is 10.1 Å². The number of guanidine groups is 1. The number of benzene rings is 1. The van der Waals surface area contributed by atoms with Crippen LogP contribution in [0.5, 0.6) is 5.75 Å². The van der Waals surface area contributed by atoms with Crippen LogP contribution in [0.3, 0.4) is 0 Å². The van der Waals surface area contributed by atoms with Gasteiger partial charge in [-0.25, -0.2) is 0 Å². The van der Waals surface area contributed by atoms with Crippen molar-refractivity contribution in [2.75, 3.05) is 39.9 Å². The summed E-state index contributed by atoms with van der Waals surface area (Å²) in [4.78, 5) is 18.3. The molecule has 1 aromatic carbocycles. The number of carbonyl (C=O) groups is 1. The highest BCUT2D eigenvalue weighted by Gasteiger charge is 2.27. The quantitative estimate of drug-likeness (QED) is 0.199. The van der Waals surface area contributed by atoms with E-state index < -0.39 is 0 Å². The molecular weight excluding hydrogens is 504 g/mol. The average molecular weight is 530 g/mol. The van der Waals surface area contributed by atoms with Crippen molar-refractivity contribution in [1.82, 2.24) is 10.2 Å². The summed E-state index contributed by atoms with van der Waals surface area (Å²) in [5, 5.41) is 4.16. The number of rotatable bonds is 6. The Hall–Kier alpha value is -0.930. The van der Waals surface area contributed by atoms with E-state index in [2.05, 4.69) is 15.2 Å². The zero-order valence-electron chi connectivity index (χ0n) is 15.5. The first-order valence-electron chi connectivity index (χ1n) is 8.75. The van der Waals surface area contributed by atoms with Crippen molar-refractivity contribution in [1.29, 1.82) is 0 Å². The molecule has 0 atom stereocenters. The lowest BCUT2D eigenvalue weighted by molar-refractivity contribution is -0.149. The Labute approximate surface area is 187 Å². The highest BCUT2D eigenvalue weighted by Crippen LogP contribution is 2.31. The molecule has 1 N–H and O–H groups in total. The van der Waals surface area contributed by atoms with Gasteiger partial charge in [0.1, 0.15) is 17.4 Å². The highest BCUT2D eigenvalue weighted by molar-refractivity contribution is 14.0. The number of aliphatic imine (C=N–C) groups is 1. The van der Waals surface area contributed by atoms with Gasteiger partial charge < -0.3 is 19.7 Å². The normalized spacial score (nSPS) is 15.1. The van der Waals surface area contributed by atoms with Gasteiger partial charge in [-0.2, -0.15) is 0 Å². The number of esters is 1. The first kappa shape index (κ1) is 24.1. The minimum atomic E-state index is -0.0955. The van der Waals surface area contributed by atoms with Crippen LogP contribution in [0.25, 0.3) is 0 Å². The maximum atomic E-state index is 11.8. The molecule has 0 amide bonds. The van der Waals surface area contributed by atoms with Gasteiger partial charge in [-0.1, -0.05) is 29.3 Å². The topological polar surface area (TPSA) is 63.2 Å². The average Bonchev–Trinajstić information content (AvgIpc) is 2.65. The smallest absolute Gasteiger partial charge is 0.309 e. The van der Waals surface area contributed by atoms with Crippen LogP contribution in [0.4, 0.5) is 0 Å². The molecule has 152 valence electrons. The summed E-state index contributed by atoms with van der Waals surface area (Å²) in [6, 6.07) is 5.30. The second-order valence-electron chi connectivity index (χ2n) is 5.89. The number of hydrogen-bond donors (Lipinski definition) is 1. The summed E-state index contributed by atoms with van der Waals surface area (Å²) in [5.41, 5.74) is 0. The Morgan fingerprint density at radius 3 is 2.67 bits per heavy atom. The minimum Gasteiger partial charge on any atom is -0.490 e. The third-order valence-corrected chi connectivity index (χ3v) is 4.99.